The fourth-order valence-corrected chi connectivity index (χ4v) is 6.45. The Labute approximate surface area is 293 Å². The normalized spacial score (nSPS) is 11.0. The second kappa shape index (κ2) is 13.5. The molecule has 50 heavy (non-hydrogen) atoms. The van der Waals surface area contributed by atoms with Crippen LogP contribution in [0.15, 0.2) is 182 Å². The summed E-state index contributed by atoms with van der Waals surface area (Å²) in [6, 6.07) is 63.5. The zero-order valence-corrected chi connectivity index (χ0v) is 28.1. The number of rotatable bonds is 8. The van der Waals surface area contributed by atoms with Crippen molar-refractivity contribution in [3.05, 3.63) is 193 Å². The number of para-hydroxylation sites is 4. The predicted octanol–water partition coefficient (Wildman–Crippen LogP) is 12.5. The SMILES string of the molecule is Cc1cc2nc(-c3ccc(N(c4ccccc4)c4ccccc4)cc3)c(-c3ccc(N(c4ccccc4)c4ccccc4)cc3)nc2cc1C. The quantitative estimate of drug-likeness (QED) is 0.165. The minimum atomic E-state index is 0.856. The van der Waals surface area contributed by atoms with Crippen molar-refractivity contribution in [2.24, 2.45) is 0 Å². The molecule has 0 fully saturated rings. The number of aryl methyl sites for hydroxylation is 2. The predicted molar refractivity (Wildman–Crippen MR) is 209 cm³/mol. The molecule has 240 valence electrons. The van der Waals surface area contributed by atoms with E-state index >= 15 is 0 Å². The molecule has 8 aromatic rings. The van der Waals surface area contributed by atoms with E-state index in [-0.39, 0.29) is 0 Å². The summed E-state index contributed by atoms with van der Waals surface area (Å²) in [6.45, 7) is 4.26. The van der Waals surface area contributed by atoms with E-state index in [0.29, 0.717) is 0 Å². The van der Waals surface area contributed by atoms with E-state index in [4.69, 9.17) is 9.97 Å². The maximum absolute atomic E-state index is 5.28. The highest BCUT2D eigenvalue weighted by atomic mass is 15.1. The summed E-state index contributed by atoms with van der Waals surface area (Å²) < 4.78 is 0. The lowest BCUT2D eigenvalue weighted by atomic mass is 10.0. The monoisotopic (exact) mass is 644 g/mol. The number of benzene rings is 7. The molecule has 0 aliphatic carbocycles. The molecule has 0 radical (unpaired) electrons. The highest BCUT2D eigenvalue weighted by molar-refractivity contribution is 5.89. The summed E-state index contributed by atoms with van der Waals surface area (Å²) in [5, 5.41) is 0. The molecule has 0 atom stereocenters. The van der Waals surface area contributed by atoms with Gasteiger partial charge in [-0.3, -0.25) is 0 Å². The van der Waals surface area contributed by atoms with Crippen LogP contribution < -0.4 is 9.80 Å². The van der Waals surface area contributed by atoms with Crippen LogP contribution in [-0.2, 0) is 0 Å². The molecule has 0 saturated carbocycles. The fraction of sp³-hybridized carbons (Fsp3) is 0.0435. The standard InChI is InChI=1S/C46H36N4/c1-33-31-43-44(32-34(33)2)48-46(36-25-29-42(30-26-36)50(39-19-11-5-12-20-39)40-21-13-6-14-22-40)45(47-43)35-23-27-41(28-24-35)49(37-15-7-3-8-16-37)38-17-9-4-10-18-38/h3-32H,1-2H3. The van der Waals surface area contributed by atoms with E-state index < -0.39 is 0 Å². The second-order valence-corrected chi connectivity index (χ2v) is 12.5. The molecular formula is C46H36N4. The lowest BCUT2D eigenvalue weighted by Crippen LogP contribution is -2.09. The van der Waals surface area contributed by atoms with E-state index in [1.807, 2.05) is 24.3 Å². The molecule has 0 bridgehead atoms. The van der Waals surface area contributed by atoms with Gasteiger partial charge in [0.15, 0.2) is 0 Å². The van der Waals surface area contributed by atoms with Crippen LogP contribution >= 0.6 is 0 Å². The molecule has 0 N–H and O–H groups in total. The number of hydrogen-bond acceptors (Lipinski definition) is 4. The molecule has 8 rings (SSSR count). The molecule has 0 amide bonds. The smallest absolute Gasteiger partial charge is 0.0973 e. The Kier molecular flexibility index (Phi) is 8.34. The average molecular weight is 645 g/mol. The van der Waals surface area contributed by atoms with Gasteiger partial charge in [-0.05, 0) is 110 Å². The Morgan fingerprint density at radius 1 is 0.320 bits per heavy atom. The van der Waals surface area contributed by atoms with Crippen LogP contribution in [0, 0.1) is 13.8 Å². The topological polar surface area (TPSA) is 32.3 Å². The van der Waals surface area contributed by atoms with Crippen molar-refractivity contribution in [2.75, 3.05) is 9.80 Å². The number of fused-ring (bicyclic) bond motifs is 1. The highest BCUT2D eigenvalue weighted by Gasteiger charge is 2.18. The van der Waals surface area contributed by atoms with Crippen LogP contribution in [0.5, 0.6) is 0 Å². The van der Waals surface area contributed by atoms with Gasteiger partial charge in [0.2, 0.25) is 0 Å². The van der Waals surface area contributed by atoms with Gasteiger partial charge in [0.1, 0.15) is 0 Å². The fourth-order valence-electron chi connectivity index (χ4n) is 6.45. The van der Waals surface area contributed by atoms with Crippen molar-refractivity contribution >= 4 is 45.2 Å². The molecule has 4 nitrogen and oxygen atoms in total. The first-order chi connectivity index (χ1) is 24.6. The van der Waals surface area contributed by atoms with Gasteiger partial charge in [-0.15, -0.1) is 0 Å². The summed E-state index contributed by atoms with van der Waals surface area (Å²) in [5.41, 5.74) is 14.5. The van der Waals surface area contributed by atoms with Crippen molar-refractivity contribution in [1.82, 2.24) is 9.97 Å². The molecule has 4 heteroatoms. The highest BCUT2D eigenvalue weighted by Crippen LogP contribution is 2.39. The van der Waals surface area contributed by atoms with Crippen LogP contribution in [0.25, 0.3) is 33.5 Å². The van der Waals surface area contributed by atoms with Gasteiger partial charge in [-0.2, -0.15) is 0 Å². The van der Waals surface area contributed by atoms with Crippen molar-refractivity contribution in [3.8, 4) is 22.5 Å². The van der Waals surface area contributed by atoms with Crippen LogP contribution in [0.3, 0.4) is 0 Å². The number of hydrogen-bond donors (Lipinski definition) is 0. The van der Waals surface area contributed by atoms with Crippen LogP contribution in [0.4, 0.5) is 34.1 Å². The largest absolute Gasteiger partial charge is 0.311 e. The van der Waals surface area contributed by atoms with E-state index in [0.717, 1.165) is 67.7 Å². The van der Waals surface area contributed by atoms with Gasteiger partial charge in [-0.1, -0.05) is 97.1 Å². The summed E-state index contributed by atoms with van der Waals surface area (Å²) in [4.78, 5) is 15.1. The minimum absolute atomic E-state index is 0.856. The molecule has 1 aromatic heterocycles. The van der Waals surface area contributed by atoms with E-state index in [1.54, 1.807) is 0 Å². The second-order valence-electron chi connectivity index (χ2n) is 12.5. The Balaban J connectivity index is 1.23. The van der Waals surface area contributed by atoms with Crippen LogP contribution in [-0.4, -0.2) is 9.97 Å². The molecule has 0 aliphatic rings. The molecule has 1 heterocycles. The van der Waals surface area contributed by atoms with Crippen LogP contribution in [0.1, 0.15) is 11.1 Å². The van der Waals surface area contributed by atoms with Gasteiger partial charge in [0, 0.05) is 45.3 Å². The summed E-state index contributed by atoms with van der Waals surface area (Å²) in [6.07, 6.45) is 0. The van der Waals surface area contributed by atoms with Gasteiger partial charge < -0.3 is 9.80 Å². The maximum Gasteiger partial charge on any atom is 0.0973 e. The van der Waals surface area contributed by atoms with E-state index in [9.17, 15) is 0 Å². The van der Waals surface area contributed by atoms with Gasteiger partial charge in [0.05, 0.1) is 22.4 Å². The van der Waals surface area contributed by atoms with E-state index in [2.05, 4.69) is 181 Å². The van der Waals surface area contributed by atoms with Crippen LogP contribution in [0.2, 0.25) is 0 Å². The average Bonchev–Trinajstić information content (AvgIpc) is 3.17. The summed E-state index contributed by atoms with van der Waals surface area (Å²) in [7, 11) is 0. The lowest BCUT2D eigenvalue weighted by Gasteiger charge is -2.26. The van der Waals surface area contributed by atoms with Crippen molar-refractivity contribution in [2.45, 2.75) is 13.8 Å². The Morgan fingerprint density at radius 2 is 0.580 bits per heavy atom. The number of nitrogens with zero attached hydrogens (tertiary/aromatic N) is 4. The van der Waals surface area contributed by atoms with Crippen molar-refractivity contribution in [3.63, 3.8) is 0 Å². The first-order valence-corrected chi connectivity index (χ1v) is 16.9. The molecular weight excluding hydrogens is 609 g/mol. The zero-order valence-electron chi connectivity index (χ0n) is 28.1. The third kappa shape index (κ3) is 6.11. The number of aromatic nitrogens is 2. The third-order valence-corrected chi connectivity index (χ3v) is 9.14. The molecule has 0 aliphatic heterocycles. The molecule has 0 unspecified atom stereocenters. The Hall–Kier alpha value is -6.52. The molecule has 7 aromatic carbocycles. The third-order valence-electron chi connectivity index (χ3n) is 9.14. The van der Waals surface area contributed by atoms with Gasteiger partial charge in [0.25, 0.3) is 0 Å². The van der Waals surface area contributed by atoms with Crippen molar-refractivity contribution < 1.29 is 0 Å². The van der Waals surface area contributed by atoms with Crippen molar-refractivity contribution in [1.29, 1.82) is 0 Å². The van der Waals surface area contributed by atoms with E-state index in [1.165, 1.54) is 11.1 Å². The molecule has 0 spiro atoms. The van der Waals surface area contributed by atoms with Gasteiger partial charge in [-0.25, -0.2) is 9.97 Å². The first kappa shape index (κ1) is 30.8. The number of anilines is 6. The van der Waals surface area contributed by atoms with Gasteiger partial charge >= 0.3 is 0 Å². The first-order valence-electron chi connectivity index (χ1n) is 16.9. The Morgan fingerprint density at radius 3 is 0.860 bits per heavy atom. The maximum atomic E-state index is 5.28. The zero-order chi connectivity index (χ0) is 33.9. The minimum Gasteiger partial charge on any atom is -0.311 e. The lowest BCUT2D eigenvalue weighted by molar-refractivity contribution is 1.25. The Bertz CT molecular complexity index is 2110. The summed E-state index contributed by atoms with van der Waals surface area (Å²) >= 11 is 0. The summed E-state index contributed by atoms with van der Waals surface area (Å²) in [5.74, 6) is 0. The molecule has 0 saturated heterocycles.